The molecule has 0 fully saturated rings. The molecule has 1 amide bonds. The fraction of sp³-hybridized carbons (Fsp3) is 0.368. The van der Waals surface area contributed by atoms with Crippen molar-refractivity contribution < 1.29 is 4.79 Å². The molecule has 23 heavy (non-hydrogen) atoms. The SMILES string of the molecule is CCc1ccc(CNC(=O)C(c2ccccc2C)N(C)C)nc1. The number of benzene rings is 1. The fourth-order valence-electron chi connectivity index (χ4n) is 2.59. The predicted octanol–water partition coefficient (Wildman–Crippen LogP) is 2.87. The first-order valence-electron chi connectivity index (χ1n) is 7.96. The van der Waals surface area contributed by atoms with E-state index in [-0.39, 0.29) is 11.9 Å². The number of nitrogens with zero attached hydrogens (tertiary/aromatic N) is 2. The Morgan fingerprint density at radius 1 is 1.22 bits per heavy atom. The van der Waals surface area contributed by atoms with Crippen molar-refractivity contribution in [3.05, 3.63) is 65.0 Å². The zero-order valence-electron chi connectivity index (χ0n) is 14.3. The Kier molecular flexibility index (Phi) is 5.88. The number of pyridine rings is 1. The molecule has 1 atom stereocenters. The van der Waals surface area contributed by atoms with Crippen LogP contribution in [0.2, 0.25) is 0 Å². The summed E-state index contributed by atoms with van der Waals surface area (Å²) >= 11 is 0. The third-order valence-electron chi connectivity index (χ3n) is 3.99. The number of hydrogen-bond donors (Lipinski definition) is 1. The van der Waals surface area contributed by atoms with Gasteiger partial charge in [-0.3, -0.25) is 14.7 Å². The average Bonchev–Trinajstić information content (AvgIpc) is 2.55. The van der Waals surface area contributed by atoms with E-state index in [9.17, 15) is 4.79 Å². The Hall–Kier alpha value is -2.20. The van der Waals surface area contributed by atoms with Gasteiger partial charge in [0.1, 0.15) is 6.04 Å². The van der Waals surface area contributed by atoms with Crippen molar-refractivity contribution in [1.29, 1.82) is 0 Å². The van der Waals surface area contributed by atoms with Crippen molar-refractivity contribution in [2.24, 2.45) is 0 Å². The Morgan fingerprint density at radius 3 is 2.52 bits per heavy atom. The van der Waals surface area contributed by atoms with E-state index in [4.69, 9.17) is 0 Å². The summed E-state index contributed by atoms with van der Waals surface area (Å²) in [5, 5.41) is 3.00. The predicted molar refractivity (Wildman–Crippen MR) is 93.1 cm³/mol. The Labute approximate surface area is 138 Å². The van der Waals surface area contributed by atoms with Gasteiger partial charge in [-0.25, -0.2) is 0 Å². The first kappa shape index (κ1) is 17.2. The quantitative estimate of drug-likeness (QED) is 0.892. The summed E-state index contributed by atoms with van der Waals surface area (Å²) in [6, 6.07) is 11.7. The van der Waals surface area contributed by atoms with Crippen molar-refractivity contribution in [2.45, 2.75) is 32.9 Å². The summed E-state index contributed by atoms with van der Waals surface area (Å²) in [6.07, 6.45) is 2.84. The minimum absolute atomic E-state index is 0.00864. The number of likely N-dealkylation sites (N-methyl/N-ethyl adjacent to an activating group) is 1. The molecule has 4 nitrogen and oxygen atoms in total. The van der Waals surface area contributed by atoms with Crippen LogP contribution in [-0.4, -0.2) is 29.9 Å². The van der Waals surface area contributed by atoms with E-state index in [1.807, 2.05) is 62.4 Å². The minimum atomic E-state index is -0.300. The lowest BCUT2D eigenvalue weighted by molar-refractivity contribution is -0.126. The van der Waals surface area contributed by atoms with Gasteiger partial charge >= 0.3 is 0 Å². The van der Waals surface area contributed by atoms with Crippen LogP contribution < -0.4 is 5.32 Å². The number of hydrogen-bond acceptors (Lipinski definition) is 3. The van der Waals surface area contributed by atoms with Crippen LogP contribution in [0.3, 0.4) is 0 Å². The van der Waals surface area contributed by atoms with Crippen molar-refractivity contribution >= 4 is 5.91 Å². The normalized spacial score (nSPS) is 12.2. The summed E-state index contributed by atoms with van der Waals surface area (Å²) in [7, 11) is 3.84. The largest absolute Gasteiger partial charge is 0.349 e. The molecule has 0 aliphatic rings. The van der Waals surface area contributed by atoms with Gasteiger partial charge in [-0.15, -0.1) is 0 Å². The first-order chi connectivity index (χ1) is 11.0. The number of aryl methyl sites for hydroxylation is 2. The van der Waals surface area contributed by atoms with E-state index in [0.29, 0.717) is 6.54 Å². The number of carbonyl (C=O) groups excluding carboxylic acids is 1. The number of aromatic nitrogens is 1. The van der Waals surface area contributed by atoms with Crippen LogP contribution in [0, 0.1) is 6.92 Å². The van der Waals surface area contributed by atoms with Crippen LogP contribution in [0.5, 0.6) is 0 Å². The zero-order valence-corrected chi connectivity index (χ0v) is 14.3. The van der Waals surface area contributed by atoms with E-state index in [2.05, 4.69) is 23.3 Å². The minimum Gasteiger partial charge on any atom is -0.349 e. The molecule has 2 rings (SSSR count). The maximum atomic E-state index is 12.7. The van der Waals surface area contributed by atoms with Crippen LogP contribution >= 0.6 is 0 Å². The topological polar surface area (TPSA) is 45.2 Å². The second-order valence-electron chi connectivity index (χ2n) is 5.95. The molecule has 0 aliphatic carbocycles. The van der Waals surface area contributed by atoms with E-state index in [0.717, 1.165) is 23.2 Å². The Bertz CT molecular complexity index is 650. The van der Waals surface area contributed by atoms with Gasteiger partial charge in [-0.05, 0) is 50.2 Å². The van der Waals surface area contributed by atoms with Gasteiger partial charge in [0, 0.05) is 6.20 Å². The number of amides is 1. The van der Waals surface area contributed by atoms with Crippen molar-refractivity contribution in [3.8, 4) is 0 Å². The molecule has 2 aromatic rings. The molecule has 0 bridgehead atoms. The molecule has 0 aliphatic heterocycles. The van der Waals surface area contributed by atoms with Crippen molar-refractivity contribution in [1.82, 2.24) is 15.2 Å². The molecular formula is C19H25N3O. The molecular weight excluding hydrogens is 286 g/mol. The average molecular weight is 311 g/mol. The van der Waals surface area contributed by atoms with E-state index in [1.165, 1.54) is 5.56 Å². The second-order valence-corrected chi connectivity index (χ2v) is 5.95. The van der Waals surface area contributed by atoms with Gasteiger partial charge in [-0.2, -0.15) is 0 Å². The fourth-order valence-corrected chi connectivity index (χ4v) is 2.59. The standard InChI is InChI=1S/C19H25N3O/c1-5-15-10-11-16(20-12-15)13-21-19(23)18(22(3)4)17-9-7-6-8-14(17)2/h6-12,18H,5,13H2,1-4H3,(H,21,23). The van der Waals surface area contributed by atoms with Gasteiger partial charge in [0.25, 0.3) is 0 Å². The molecule has 1 unspecified atom stereocenters. The van der Waals surface area contributed by atoms with Crippen LogP contribution in [0.4, 0.5) is 0 Å². The van der Waals surface area contributed by atoms with E-state index >= 15 is 0 Å². The monoisotopic (exact) mass is 311 g/mol. The Morgan fingerprint density at radius 2 is 1.96 bits per heavy atom. The van der Waals surface area contributed by atoms with Crippen molar-refractivity contribution in [2.75, 3.05) is 14.1 Å². The van der Waals surface area contributed by atoms with Gasteiger partial charge < -0.3 is 5.32 Å². The molecule has 4 heteroatoms. The lowest BCUT2D eigenvalue weighted by Gasteiger charge is -2.25. The van der Waals surface area contributed by atoms with Gasteiger partial charge in [-0.1, -0.05) is 37.3 Å². The third-order valence-corrected chi connectivity index (χ3v) is 3.99. The molecule has 0 radical (unpaired) electrons. The summed E-state index contributed by atoms with van der Waals surface area (Å²) in [5.41, 5.74) is 4.22. The number of carbonyl (C=O) groups is 1. The van der Waals surface area contributed by atoms with Gasteiger partial charge in [0.05, 0.1) is 12.2 Å². The summed E-state index contributed by atoms with van der Waals surface area (Å²) < 4.78 is 0. The lowest BCUT2D eigenvalue weighted by Crippen LogP contribution is -2.37. The van der Waals surface area contributed by atoms with E-state index < -0.39 is 0 Å². The molecule has 1 aromatic heterocycles. The van der Waals surface area contributed by atoms with Crippen LogP contribution in [-0.2, 0) is 17.8 Å². The third kappa shape index (κ3) is 4.39. The van der Waals surface area contributed by atoms with Crippen LogP contribution in [0.25, 0.3) is 0 Å². The molecule has 0 saturated carbocycles. The molecule has 0 saturated heterocycles. The first-order valence-corrected chi connectivity index (χ1v) is 7.96. The van der Waals surface area contributed by atoms with Crippen LogP contribution in [0.15, 0.2) is 42.6 Å². The number of rotatable bonds is 6. The molecule has 0 spiro atoms. The second kappa shape index (κ2) is 7.88. The van der Waals surface area contributed by atoms with Gasteiger partial charge in [0.2, 0.25) is 5.91 Å². The Balaban J connectivity index is 2.08. The summed E-state index contributed by atoms with van der Waals surface area (Å²) in [5.74, 6) is -0.00864. The van der Waals surface area contributed by atoms with Gasteiger partial charge in [0.15, 0.2) is 0 Å². The molecule has 1 aromatic carbocycles. The maximum absolute atomic E-state index is 12.7. The van der Waals surface area contributed by atoms with E-state index in [1.54, 1.807) is 0 Å². The van der Waals surface area contributed by atoms with Crippen molar-refractivity contribution in [3.63, 3.8) is 0 Å². The van der Waals surface area contributed by atoms with Crippen LogP contribution in [0.1, 0.15) is 35.3 Å². The molecule has 1 heterocycles. The number of nitrogens with one attached hydrogen (secondary N) is 1. The highest BCUT2D eigenvalue weighted by molar-refractivity contribution is 5.83. The smallest absolute Gasteiger partial charge is 0.242 e. The highest BCUT2D eigenvalue weighted by atomic mass is 16.2. The molecule has 122 valence electrons. The summed E-state index contributed by atoms with van der Waals surface area (Å²) in [4.78, 5) is 19.0. The summed E-state index contributed by atoms with van der Waals surface area (Å²) in [6.45, 7) is 4.57. The molecule has 1 N–H and O–H groups in total. The zero-order chi connectivity index (χ0) is 16.8. The maximum Gasteiger partial charge on any atom is 0.242 e. The highest BCUT2D eigenvalue weighted by Gasteiger charge is 2.23. The highest BCUT2D eigenvalue weighted by Crippen LogP contribution is 2.22. The lowest BCUT2D eigenvalue weighted by atomic mass is 10.00.